The van der Waals surface area contributed by atoms with Crippen molar-refractivity contribution in [2.45, 2.75) is 25.8 Å². The number of aromatic nitrogens is 4. The molecule has 0 aliphatic carbocycles. The normalized spacial score (nSPS) is 12.9. The van der Waals surface area contributed by atoms with Crippen LogP contribution >= 0.6 is 11.6 Å². The Labute approximate surface area is 117 Å². The molecule has 0 amide bonds. The van der Waals surface area contributed by atoms with Crippen molar-refractivity contribution in [2.24, 2.45) is 19.9 Å². The summed E-state index contributed by atoms with van der Waals surface area (Å²) >= 11 is 6.35. The molecule has 1 atom stereocenters. The van der Waals surface area contributed by atoms with Crippen molar-refractivity contribution >= 4 is 11.6 Å². The lowest BCUT2D eigenvalue weighted by molar-refractivity contribution is 0.520. The zero-order valence-electron chi connectivity index (χ0n) is 11.4. The first-order valence-electron chi connectivity index (χ1n) is 6.21. The number of nitrogens with two attached hydrogens (primary N) is 1. The Bertz CT molecular complexity index is 559. The van der Waals surface area contributed by atoms with Gasteiger partial charge >= 0.3 is 0 Å². The third kappa shape index (κ3) is 2.80. The van der Waals surface area contributed by atoms with Crippen LogP contribution in [-0.4, -0.2) is 19.3 Å². The molecular weight excluding hydrogens is 264 g/mol. The van der Waals surface area contributed by atoms with Gasteiger partial charge in [-0.15, -0.1) is 0 Å². The number of nitrogens with zero attached hydrogens (tertiary/aromatic N) is 4. The van der Waals surface area contributed by atoms with Gasteiger partial charge in [0.25, 0.3) is 0 Å². The van der Waals surface area contributed by atoms with Crippen molar-refractivity contribution in [3.63, 3.8) is 0 Å². The van der Waals surface area contributed by atoms with Crippen LogP contribution in [0.15, 0.2) is 12.5 Å². The minimum absolute atomic E-state index is 0.0844. The minimum atomic E-state index is -0.0844. The molecule has 3 N–H and O–H groups in total. The zero-order chi connectivity index (χ0) is 14.0. The Morgan fingerprint density at radius 2 is 2.21 bits per heavy atom. The largest absolute Gasteiger partial charge is 0.340 e. The van der Waals surface area contributed by atoms with E-state index in [1.165, 1.54) is 0 Å². The lowest BCUT2D eigenvalue weighted by Crippen LogP contribution is -2.30. The molecular formula is C12H19ClN6. The van der Waals surface area contributed by atoms with Crippen molar-refractivity contribution in [1.82, 2.24) is 24.8 Å². The van der Waals surface area contributed by atoms with Gasteiger partial charge in [0, 0.05) is 26.7 Å². The summed E-state index contributed by atoms with van der Waals surface area (Å²) in [6, 6.07) is -0.0844. The molecule has 0 spiro atoms. The van der Waals surface area contributed by atoms with E-state index in [1.807, 2.05) is 36.5 Å². The van der Waals surface area contributed by atoms with Crippen molar-refractivity contribution in [3.8, 4) is 0 Å². The molecule has 6 nitrogen and oxygen atoms in total. The molecule has 0 aliphatic rings. The van der Waals surface area contributed by atoms with Gasteiger partial charge in [-0.25, -0.2) is 4.98 Å². The average Bonchev–Trinajstić information content (AvgIpc) is 2.92. The standard InChI is InChI=1S/C12H19ClN6/c1-4-8-12(13)11(19(3)17-8)5-9(16-14)10-6-18(2)7-15-10/h6-7,9,16H,4-5,14H2,1-3H3. The van der Waals surface area contributed by atoms with Gasteiger partial charge in [0.1, 0.15) is 0 Å². The molecule has 7 heteroatoms. The number of halogens is 1. The average molecular weight is 283 g/mol. The van der Waals surface area contributed by atoms with E-state index in [9.17, 15) is 0 Å². The molecule has 0 radical (unpaired) electrons. The number of nitrogens with one attached hydrogen (secondary N) is 1. The van der Waals surface area contributed by atoms with E-state index in [-0.39, 0.29) is 6.04 Å². The molecule has 0 saturated carbocycles. The summed E-state index contributed by atoms with van der Waals surface area (Å²) in [6.45, 7) is 2.04. The highest BCUT2D eigenvalue weighted by Crippen LogP contribution is 2.25. The molecule has 0 aliphatic heterocycles. The predicted molar refractivity (Wildman–Crippen MR) is 74.6 cm³/mol. The van der Waals surface area contributed by atoms with Crippen molar-refractivity contribution in [1.29, 1.82) is 0 Å². The quantitative estimate of drug-likeness (QED) is 0.637. The summed E-state index contributed by atoms with van der Waals surface area (Å²) in [7, 11) is 3.82. The van der Waals surface area contributed by atoms with Crippen LogP contribution in [-0.2, 0) is 26.9 Å². The van der Waals surface area contributed by atoms with Crippen molar-refractivity contribution < 1.29 is 0 Å². The van der Waals surface area contributed by atoms with Gasteiger partial charge < -0.3 is 4.57 Å². The summed E-state index contributed by atoms with van der Waals surface area (Å²) in [6.07, 6.45) is 5.16. The highest BCUT2D eigenvalue weighted by atomic mass is 35.5. The summed E-state index contributed by atoms with van der Waals surface area (Å²) in [5.41, 5.74) is 5.55. The van der Waals surface area contributed by atoms with Crippen LogP contribution in [0.4, 0.5) is 0 Å². The summed E-state index contributed by atoms with van der Waals surface area (Å²) in [4.78, 5) is 4.32. The maximum atomic E-state index is 6.35. The lowest BCUT2D eigenvalue weighted by atomic mass is 10.1. The zero-order valence-corrected chi connectivity index (χ0v) is 12.1. The Morgan fingerprint density at radius 1 is 1.47 bits per heavy atom. The second-order valence-electron chi connectivity index (χ2n) is 4.57. The first-order valence-corrected chi connectivity index (χ1v) is 6.58. The van der Waals surface area contributed by atoms with Crippen LogP contribution < -0.4 is 11.3 Å². The first-order chi connectivity index (χ1) is 9.06. The van der Waals surface area contributed by atoms with Gasteiger partial charge in [0.15, 0.2) is 0 Å². The molecule has 2 aromatic rings. The smallest absolute Gasteiger partial charge is 0.0947 e. The monoisotopic (exact) mass is 282 g/mol. The lowest BCUT2D eigenvalue weighted by Gasteiger charge is -2.13. The molecule has 0 aromatic carbocycles. The summed E-state index contributed by atoms with van der Waals surface area (Å²) < 4.78 is 3.70. The number of rotatable bonds is 5. The molecule has 1 unspecified atom stereocenters. The van der Waals surface area contributed by atoms with Crippen LogP contribution in [0, 0.1) is 0 Å². The highest BCUT2D eigenvalue weighted by molar-refractivity contribution is 6.31. The van der Waals surface area contributed by atoms with E-state index in [0.29, 0.717) is 6.42 Å². The Balaban J connectivity index is 2.26. The summed E-state index contributed by atoms with van der Waals surface area (Å²) in [5.74, 6) is 5.63. The number of hydrogen-bond donors (Lipinski definition) is 2. The first kappa shape index (κ1) is 14.0. The Kier molecular flexibility index (Phi) is 4.24. The third-order valence-corrected chi connectivity index (χ3v) is 3.62. The summed E-state index contributed by atoms with van der Waals surface area (Å²) in [5, 5.41) is 5.13. The molecule has 0 fully saturated rings. The number of imidazole rings is 1. The van der Waals surface area contributed by atoms with E-state index < -0.39 is 0 Å². The van der Waals surface area contributed by atoms with Gasteiger partial charge in [-0.3, -0.25) is 16.0 Å². The fraction of sp³-hybridized carbons (Fsp3) is 0.500. The molecule has 19 heavy (non-hydrogen) atoms. The van der Waals surface area contributed by atoms with Gasteiger partial charge in [-0.05, 0) is 6.42 Å². The molecule has 0 saturated heterocycles. The van der Waals surface area contributed by atoms with Crippen LogP contribution in [0.3, 0.4) is 0 Å². The van der Waals surface area contributed by atoms with Crippen LogP contribution in [0.5, 0.6) is 0 Å². The third-order valence-electron chi connectivity index (χ3n) is 3.18. The Morgan fingerprint density at radius 3 is 2.68 bits per heavy atom. The van der Waals surface area contributed by atoms with E-state index in [4.69, 9.17) is 17.4 Å². The van der Waals surface area contributed by atoms with E-state index >= 15 is 0 Å². The molecule has 2 rings (SSSR count). The molecule has 104 valence electrons. The SMILES string of the molecule is CCc1nn(C)c(CC(NN)c2cn(C)cn2)c1Cl. The van der Waals surface area contributed by atoms with Gasteiger partial charge in [-0.1, -0.05) is 18.5 Å². The van der Waals surface area contributed by atoms with Gasteiger partial charge in [-0.2, -0.15) is 5.10 Å². The minimum Gasteiger partial charge on any atom is -0.340 e. The van der Waals surface area contributed by atoms with Gasteiger partial charge in [0.05, 0.1) is 34.5 Å². The van der Waals surface area contributed by atoms with Crippen molar-refractivity contribution in [2.75, 3.05) is 0 Å². The van der Waals surface area contributed by atoms with Gasteiger partial charge in [0.2, 0.25) is 0 Å². The second kappa shape index (κ2) is 5.73. The molecule has 2 aromatic heterocycles. The fourth-order valence-electron chi connectivity index (χ4n) is 2.10. The van der Waals surface area contributed by atoms with Crippen molar-refractivity contribution in [3.05, 3.63) is 34.6 Å². The van der Waals surface area contributed by atoms with E-state index in [2.05, 4.69) is 15.5 Å². The Hall–Kier alpha value is -1.37. The van der Waals surface area contributed by atoms with E-state index in [0.717, 1.165) is 28.5 Å². The van der Waals surface area contributed by atoms with E-state index in [1.54, 1.807) is 6.33 Å². The maximum absolute atomic E-state index is 6.35. The van der Waals surface area contributed by atoms with Crippen LogP contribution in [0.1, 0.15) is 30.0 Å². The fourth-order valence-corrected chi connectivity index (χ4v) is 2.47. The number of aryl methyl sites for hydroxylation is 3. The van der Waals surface area contributed by atoms with Crippen LogP contribution in [0.2, 0.25) is 5.02 Å². The molecule has 2 heterocycles. The topological polar surface area (TPSA) is 73.7 Å². The molecule has 0 bridgehead atoms. The highest BCUT2D eigenvalue weighted by Gasteiger charge is 2.19. The number of hydrazine groups is 1. The number of hydrogen-bond acceptors (Lipinski definition) is 4. The second-order valence-corrected chi connectivity index (χ2v) is 4.95. The maximum Gasteiger partial charge on any atom is 0.0947 e. The predicted octanol–water partition coefficient (Wildman–Crippen LogP) is 1.12. The van der Waals surface area contributed by atoms with Crippen LogP contribution in [0.25, 0.3) is 0 Å².